The Morgan fingerprint density at radius 2 is 1.68 bits per heavy atom. The first-order valence-corrected chi connectivity index (χ1v) is 18.4. The second-order valence-electron chi connectivity index (χ2n) is 11.5. The van der Waals surface area contributed by atoms with Crippen LogP contribution in [0.15, 0.2) is 106 Å². The molecule has 1 unspecified atom stereocenters. The molecule has 2 heterocycles. The predicted molar refractivity (Wildman–Crippen MR) is 203 cm³/mol. The Balaban J connectivity index is 1.39. The van der Waals surface area contributed by atoms with Gasteiger partial charge in [-0.15, -0.1) is 5.10 Å². The smallest absolute Gasteiger partial charge is 0.255 e. The summed E-state index contributed by atoms with van der Waals surface area (Å²) < 4.78 is 20.7. The predicted octanol–water partition coefficient (Wildman–Crippen LogP) is 9.60. The lowest BCUT2D eigenvalue weighted by Gasteiger charge is -2.29. The normalized spacial score (nSPS) is 13.8. The number of nitrogens with zero attached hydrogens (tertiary/aromatic N) is 3. The third-order valence-electron chi connectivity index (χ3n) is 7.98. The van der Waals surface area contributed by atoms with E-state index in [2.05, 4.69) is 45.6 Å². The second-order valence-corrected chi connectivity index (χ2v) is 13.7. The molecule has 1 atom stereocenters. The number of para-hydroxylation sites is 2. The van der Waals surface area contributed by atoms with E-state index in [0.717, 1.165) is 16.7 Å². The van der Waals surface area contributed by atoms with Crippen molar-refractivity contribution in [1.29, 1.82) is 0 Å². The molecule has 9 nitrogen and oxygen atoms in total. The molecule has 5 aromatic rings. The van der Waals surface area contributed by atoms with Crippen molar-refractivity contribution < 1.29 is 19.0 Å². The van der Waals surface area contributed by atoms with Crippen LogP contribution in [0.1, 0.15) is 49.1 Å². The lowest BCUT2D eigenvalue weighted by Crippen LogP contribution is -2.31. The van der Waals surface area contributed by atoms with E-state index in [1.54, 1.807) is 4.68 Å². The zero-order valence-corrected chi connectivity index (χ0v) is 31.3. The van der Waals surface area contributed by atoms with Crippen LogP contribution < -0.4 is 24.8 Å². The average Bonchev–Trinajstić information content (AvgIpc) is 3.51. The summed E-state index contributed by atoms with van der Waals surface area (Å²) >= 11 is 11.7. The molecule has 50 heavy (non-hydrogen) atoms. The molecule has 0 fully saturated rings. The fourth-order valence-corrected chi connectivity index (χ4v) is 7.27. The SMILES string of the molecule is CCOc1ccccc1NC(=O)C1=C(C)Nc2nc(SCc3ccccc3Cl)nn2C1c1cc(Br)c(OCc2ccc(C)cc2)c(OCC)c1. The highest BCUT2D eigenvalue weighted by Gasteiger charge is 2.36. The van der Waals surface area contributed by atoms with Crippen LogP contribution in [-0.4, -0.2) is 33.9 Å². The first kappa shape index (κ1) is 35.4. The highest BCUT2D eigenvalue weighted by Crippen LogP contribution is 2.44. The van der Waals surface area contributed by atoms with Crippen LogP contribution >= 0.6 is 39.3 Å². The van der Waals surface area contributed by atoms with Gasteiger partial charge < -0.3 is 24.8 Å². The van der Waals surface area contributed by atoms with Crippen molar-refractivity contribution in [3.8, 4) is 17.2 Å². The van der Waals surface area contributed by atoms with E-state index in [4.69, 9.17) is 35.9 Å². The van der Waals surface area contributed by atoms with E-state index in [9.17, 15) is 4.79 Å². The number of fused-ring (bicyclic) bond motifs is 1. The summed E-state index contributed by atoms with van der Waals surface area (Å²) in [6.07, 6.45) is 0. The molecular formula is C38H37BrClN5O4S. The molecule has 6 rings (SSSR count). The molecule has 0 radical (unpaired) electrons. The number of ether oxygens (including phenoxy) is 3. The molecule has 1 aromatic heterocycles. The van der Waals surface area contributed by atoms with Crippen molar-refractivity contribution in [2.24, 2.45) is 0 Å². The molecule has 0 saturated heterocycles. The number of amides is 1. The van der Waals surface area contributed by atoms with Gasteiger partial charge in [-0.1, -0.05) is 83.5 Å². The minimum Gasteiger partial charge on any atom is -0.492 e. The highest BCUT2D eigenvalue weighted by molar-refractivity contribution is 9.10. The molecular weight excluding hydrogens is 738 g/mol. The maximum absolute atomic E-state index is 14.3. The monoisotopic (exact) mass is 773 g/mol. The Morgan fingerprint density at radius 1 is 0.960 bits per heavy atom. The molecule has 2 N–H and O–H groups in total. The molecule has 0 saturated carbocycles. The fraction of sp³-hybridized carbons (Fsp3) is 0.237. The van der Waals surface area contributed by atoms with Gasteiger partial charge in [-0.2, -0.15) is 4.98 Å². The first-order chi connectivity index (χ1) is 24.2. The first-order valence-electron chi connectivity index (χ1n) is 16.2. The van der Waals surface area contributed by atoms with E-state index in [1.165, 1.54) is 17.3 Å². The highest BCUT2D eigenvalue weighted by atomic mass is 79.9. The second kappa shape index (κ2) is 16.1. The third-order valence-corrected chi connectivity index (χ3v) is 9.82. The summed E-state index contributed by atoms with van der Waals surface area (Å²) in [5.74, 6) is 2.46. The van der Waals surface area contributed by atoms with Crippen LogP contribution in [-0.2, 0) is 17.2 Å². The van der Waals surface area contributed by atoms with Crippen molar-refractivity contribution in [1.82, 2.24) is 14.8 Å². The zero-order valence-electron chi connectivity index (χ0n) is 28.1. The van der Waals surface area contributed by atoms with Gasteiger partial charge in [-0.3, -0.25) is 4.79 Å². The van der Waals surface area contributed by atoms with Crippen LogP contribution in [0, 0.1) is 6.92 Å². The summed E-state index contributed by atoms with van der Waals surface area (Å²) in [6, 6.07) is 26.5. The number of benzene rings is 4. The van der Waals surface area contributed by atoms with Gasteiger partial charge in [0.05, 0.1) is 28.9 Å². The molecule has 1 aliphatic heterocycles. The molecule has 258 valence electrons. The number of nitrogens with one attached hydrogen (secondary N) is 2. The summed E-state index contributed by atoms with van der Waals surface area (Å²) in [6.45, 7) is 8.98. The van der Waals surface area contributed by atoms with Crippen molar-refractivity contribution in [3.05, 3.63) is 128 Å². The van der Waals surface area contributed by atoms with Gasteiger partial charge in [-0.25, -0.2) is 4.68 Å². The number of aryl methyl sites for hydroxylation is 1. The van der Waals surface area contributed by atoms with Gasteiger partial charge in [0.15, 0.2) is 11.5 Å². The van der Waals surface area contributed by atoms with Gasteiger partial charge in [0.2, 0.25) is 11.1 Å². The number of carbonyl (C=O) groups excluding carboxylic acids is 1. The molecule has 1 aliphatic rings. The Bertz CT molecular complexity index is 2030. The lowest BCUT2D eigenvalue weighted by molar-refractivity contribution is -0.113. The minimum absolute atomic E-state index is 0.313. The Morgan fingerprint density at radius 3 is 2.44 bits per heavy atom. The molecule has 12 heteroatoms. The van der Waals surface area contributed by atoms with Gasteiger partial charge in [0.1, 0.15) is 18.4 Å². The van der Waals surface area contributed by atoms with Crippen LogP contribution in [0.3, 0.4) is 0 Å². The van der Waals surface area contributed by atoms with E-state index in [0.29, 0.717) is 80.4 Å². The van der Waals surface area contributed by atoms with E-state index < -0.39 is 6.04 Å². The zero-order chi connectivity index (χ0) is 35.2. The maximum Gasteiger partial charge on any atom is 0.255 e. The largest absolute Gasteiger partial charge is 0.492 e. The molecule has 4 aromatic carbocycles. The van der Waals surface area contributed by atoms with Crippen LogP contribution in [0.25, 0.3) is 0 Å². The van der Waals surface area contributed by atoms with Gasteiger partial charge >= 0.3 is 0 Å². The Kier molecular flexibility index (Phi) is 11.4. The summed E-state index contributed by atoms with van der Waals surface area (Å²) in [7, 11) is 0. The summed E-state index contributed by atoms with van der Waals surface area (Å²) in [5.41, 5.74) is 5.60. The number of carbonyl (C=O) groups is 1. The van der Waals surface area contributed by atoms with Gasteiger partial charge in [0, 0.05) is 16.5 Å². The Hall–Kier alpha value is -4.45. The lowest BCUT2D eigenvalue weighted by atomic mass is 9.94. The Labute approximate surface area is 309 Å². The topological polar surface area (TPSA) is 99.5 Å². The molecule has 0 bridgehead atoms. The van der Waals surface area contributed by atoms with Crippen molar-refractivity contribution in [2.75, 3.05) is 23.8 Å². The molecule has 0 spiro atoms. The van der Waals surface area contributed by atoms with E-state index in [1.807, 2.05) is 93.6 Å². The average molecular weight is 775 g/mol. The number of aromatic nitrogens is 3. The molecule has 1 amide bonds. The van der Waals surface area contributed by atoms with E-state index in [-0.39, 0.29) is 5.91 Å². The van der Waals surface area contributed by atoms with Crippen LogP contribution in [0.5, 0.6) is 17.2 Å². The van der Waals surface area contributed by atoms with Crippen molar-refractivity contribution >= 4 is 56.8 Å². The number of anilines is 2. The summed E-state index contributed by atoms with van der Waals surface area (Å²) in [4.78, 5) is 19.1. The van der Waals surface area contributed by atoms with Gasteiger partial charge in [-0.05, 0) is 90.6 Å². The third kappa shape index (κ3) is 7.96. The van der Waals surface area contributed by atoms with Crippen LogP contribution in [0.4, 0.5) is 11.6 Å². The van der Waals surface area contributed by atoms with Gasteiger partial charge in [0.25, 0.3) is 5.91 Å². The standard InChI is InChI=1S/C38H37BrClN5O4S/c1-5-47-31-14-10-9-13-30(31)42-36(46)33-24(4)41-37-43-38(50-22-26-11-7-8-12-29(26)40)44-45(37)34(33)27-19-28(39)35(32(20-27)48-6-2)49-21-25-17-15-23(3)16-18-25/h7-20,34H,5-6,21-22H2,1-4H3,(H,42,46)(H,41,43,44). The number of hydrogen-bond acceptors (Lipinski definition) is 8. The van der Waals surface area contributed by atoms with E-state index >= 15 is 0 Å². The number of rotatable bonds is 13. The maximum atomic E-state index is 14.3. The quantitative estimate of drug-likeness (QED) is 0.114. The number of hydrogen-bond donors (Lipinski definition) is 2. The number of thioether (sulfide) groups is 1. The minimum atomic E-state index is -0.672. The number of halogens is 2. The fourth-order valence-electron chi connectivity index (χ4n) is 5.58. The van der Waals surface area contributed by atoms with Crippen molar-refractivity contribution in [2.45, 2.75) is 51.3 Å². The number of allylic oxidation sites excluding steroid dienone is 1. The molecule has 0 aliphatic carbocycles. The summed E-state index contributed by atoms with van der Waals surface area (Å²) in [5, 5.41) is 12.5. The van der Waals surface area contributed by atoms with Crippen molar-refractivity contribution in [3.63, 3.8) is 0 Å². The van der Waals surface area contributed by atoms with Crippen LogP contribution in [0.2, 0.25) is 5.02 Å².